The third kappa shape index (κ3) is 3.82. The number of benzene rings is 1. The molecule has 0 aliphatic heterocycles. The third-order valence-corrected chi connectivity index (χ3v) is 3.59. The summed E-state index contributed by atoms with van der Waals surface area (Å²) in [5.74, 6) is 0. The first kappa shape index (κ1) is 20.5. The first-order chi connectivity index (χ1) is 7.02. The molecule has 0 fully saturated rings. The first-order valence-electron chi connectivity index (χ1n) is 5.21. The molecule has 0 spiro atoms. The van der Waals surface area contributed by atoms with Gasteiger partial charge in [-0.3, -0.25) is 0 Å². The normalized spacial score (nSPS) is 20.3. The van der Waals surface area contributed by atoms with E-state index in [-0.39, 0.29) is 41.3 Å². The molecule has 0 radical (unpaired) electrons. The molecule has 0 N–H and O–H groups in total. The molecule has 1 unspecified atom stereocenters. The zero-order valence-corrected chi connectivity index (χ0v) is 14.5. The molecule has 0 bridgehead atoms. The van der Waals surface area contributed by atoms with Crippen LogP contribution in [0.4, 0.5) is 0 Å². The summed E-state index contributed by atoms with van der Waals surface area (Å²) in [7, 11) is 0. The molecule has 1 aromatic rings. The monoisotopic (exact) mass is 342 g/mol. The van der Waals surface area contributed by atoms with E-state index in [1.807, 2.05) is 0 Å². The molecule has 1 atom stereocenters. The van der Waals surface area contributed by atoms with Crippen molar-refractivity contribution in [1.82, 2.24) is 0 Å². The van der Waals surface area contributed by atoms with Crippen LogP contribution in [-0.4, -0.2) is 0 Å². The Hall–Kier alpha value is 0.154. The summed E-state index contributed by atoms with van der Waals surface area (Å²) in [4.78, 5) is 0. The van der Waals surface area contributed by atoms with Gasteiger partial charge >= 0.3 is 101 Å². The maximum absolute atomic E-state index is 2.77. The van der Waals surface area contributed by atoms with Crippen LogP contribution in [0.5, 0.6) is 0 Å². The minimum Gasteiger partial charge on any atom is -0.147 e. The van der Waals surface area contributed by atoms with Gasteiger partial charge in [0, 0.05) is 0 Å². The molecule has 100 valence electrons. The summed E-state index contributed by atoms with van der Waals surface area (Å²) in [5, 5.41) is 0. The van der Waals surface area contributed by atoms with Gasteiger partial charge in [-0.25, -0.2) is 0 Å². The quantitative estimate of drug-likeness (QED) is 0.653. The van der Waals surface area contributed by atoms with Crippen LogP contribution in [0.2, 0.25) is 4.13 Å². The summed E-state index contributed by atoms with van der Waals surface area (Å²) < 4.78 is 0.115. The molecule has 0 amide bonds. The number of allylic oxidation sites excluding steroid dienone is 4. The van der Waals surface area contributed by atoms with Gasteiger partial charge in [0.15, 0.2) is 0 Å². The molecule has 4 heteroatoms. The van der Waals surface area contributed by atoms with E-state index in [0.29, 0.717) is 0 Å². The van der Waals surface area contributed by atoms with Gasteiger partial charge in [0.1, 0.15) is 0 Å². The summed E-state index contributed by atoms with van der Waals surface area (Å²) >= 11 is 2.77. The fourth-order valence-electron chi connectivity index (χ4n) is 2.17. The fourth-order valence-corrected chi connectivity index (χ4v) is 2.59. The van der Waals surface area contributed by atoms with Crippen LogP contribution in [0.1, 0.15) is 23.6 Å². The second-order valence-corrected chi connectivity index (χ2v) is 5.80. The molecule has 0 nitrogen and oxygen atoms in total. The summed E-state index contributed by atoms with van der Waals surface area (Å²) in [6.07, 6.45) is 6.63. The van der Waals surface area contributed by atoms with Crippen molar-refractivity contribution in [3.05, 3.63) is 53.1 Å². The molecule has 0 aromatic heterocycles. The Labute approximate surface area is 138 Å². The molecular formula is C14H18Cl3V. The van der Waals surface area contributed by atoms with Crippen molar-refractivity contribution in [3.8, 4) is 0 Å². The molecule has 0 heterocycles. The topological polar surface area (TPSA) is 0 Å². The molecule has 2 rings (SSSR count). The zero-order chi connectivity index (χ0) is 11.1. The number of hydrogen-bond acceptors (Lipinski definition) is 0. The smallest absolute Gasteiger partial charge is 0.147 e. The SMILES string of the molecule is Cc1cccc(C)c1C1=CC=C[C]1(C)[V].Cl.Cl.Cl. The van der Waals surface area contributed by atoms with Crippen LogP contribution >= 0.6 is 37.2 Å². The second-order valence-electron chi connectivity index (χ2n) is 4.35. The standard InChI is InChI=1S/C14H15.3ClH.V/c1-10-6-5-9-13(10)14-11(2)7-4-8-12(14)3;;;;/h4-9H,1-3H3;3*1H;. The van der Waals surface area contributed by atoms with Gasteiger partial charge < -0.3 is 0 Å². The van der Waals surface area contributed by atoms with Crippen LogP contribution in [0.15, 0.2) is 36.4 Å². The van der Waals surface area contributed by atoms with E-state index in [9.17, 15) is 0 Å². The van der Waals surface area contributed by atoms with Crippen LogP contribution < -0.4 is 0 Å². The summed E-state index contributed by atoms with van der Waals surface area (Å²) in [5.41, 5.74) is 5.55. The second kappa shape index (κ2) is 7.67. The van der Waals surface area contributed by atoms with Gasteiger partial charge in [-0.05, 0) is 0 Å². The van der Waals surface area contributed by atoms with Crippen molar-refractivity contribution in [2.45, 2.75) is 24.9 Å². The van der Waals surface area contributed by atoms with Crippen LogP contribution in [0.25, 0.3) is 5.57 Å². The van der Waals surface area contributed by atoms with Crippen molar-refractivity contribution in [2.24, 2.45) is 0 Å². The van der Waals surface area contributed by atoms with E-state index in [4.69, 9.17) is 0 Å². The Morgan fingerprint density at radius 1 is 1.00 bits per heavy atom. The van der Waals surface area contributed by atoms with E-state index in [0.717, 1.165) is 0 Å². The van der Waals surface area contributed by atoms with Crippen LogP contribution in [0, 0.1) is 13.8 Å². The number of rotatable bonds is 1. The third-order valence-electron chi connectivity index (χ3n) is 2.98. The number of halogens is 3. The molecule has 1 aliphatic carbocycles. The molecule has 0 saturated carbocycles. The van der Waals surface area contributed by atoms with Crippen molar-refractivity contribution in [1.29, 1.82) is 0 Å². The average molecular weight is 344 g/mol. The Kier molecular flexibility index (Phi) is 8.73. The van der Waals surface area contributed by atoms with Gasteiger partial charge in [-0.2, -0.15) is 0 Å². The molecule has 1 aromatic carbocycles. The van der Waals surface area contributed by atoms with E-state index in [1.165, 1.54) is 22.3 Å². The Morgan fingerprint density at radius 3 is 1.89 bits per heavy atom. The largest absolute Gasteiger partial charge is 0.147 e. The number of hydrogen-bond donors (Lipinski definition) is 0. The molecular weight excluding hydrogens is 325 g/mol. The maximum atomic E-state index is 2.77. The van der Waals surface area contributed by atoms with Crippen molar-refractivity contribution < 1.29 is 17.4 Å². The van der Waals surface area contributed by atoms with Crippen LogP contribution in [0.3, 0.4) is 0 Å². The predicted octanol–water partition coefficient (Wildman–Crippen LogP) is 5.25. The van der Waals surface area contributed by atoms with E-state index in [2.05, 4.69) is 74.6 Å². The van der Waals surface area contributed by atoms with Gasteiger partial charge in [0.2, 0.25) is 0 Å². The average Bonchev–Trinajstić information content (AvgIpc) is 2.46. The predicted molar refractivity (Wildman–Crippen MR) is 83.1 cm³/mol. The van der Waals surface area contributed by atoms with E-state index in [1.54, 1.807) is 0 Å². The van der Waals surface area contributed by atoms with Crippen molar-refractivity contribution >= 4 is 42.8 Å². The van der Waals surface area contributed by atoms with Gasteiger partial charge in [0.25, 0.3) is 0 Å². The Morgan fingerprint density at radius 2 is 1.50 bits per heavy atom. The van der Waals surface area contributed by atoms with Gasteiger partial charge in [-0.15, -0.1) is 37.2 Å². The van der Waals surface area contributed by atoms with Gasteiger partial charge in [0.05, 0.1) is 0 Å². The first-order valence-corrected chi connectivity index (χ1v) is 5.91. The minimum absolute atomic E-state index is 0. The van der Waals surface area contributed by atoms with Crippen molar-refractivity contribution in [2.75, 3.05) is 0 Å². The summed E-state index contributed by atoms with van der Waals surface area (Å²) in [6.45, 7) is 6.61. The Balaban J connectivity index is 0. The maximum Gasteiger partial charge on any atom is -0.147 e. The summed E-state index contributed by atoms with van der Waals surface area (Å²) in [6, 6.07) is 6.49. The molecule has 0 saturated heterocycles. The minimum atomic E-state index is 0. The van der Waals surface area contributed by atoms with Crippen molar-refractivity contribution in [3.63, 3.8) is 0 Å². The van der Waals surface area contributed by atoms with Gasteiger partial charge in [-0.1, -0.05) is 0 Å². The van der Waals surface area contributed by atoms with E-state index >= 15 is 0 Å². The number of aryl methyl sites for hydroxylation is 2. The Bertz CT molecular complexity index is 442. The van der Waals surface area contributed by atoms with E-state index < -0.39 is 0 Å². The zero-order valence-electron chi connectivity index (χ0n) is 10.6. The van der Waals surface area contributed by atoms with Crippen LogP contribution in [-0.2, 0) is 17.4 Å². The fraction of sp³-hybridized carbons (Fsp3) is 0.286. The molecule has 18 heavy (non-hydrogen) atoms. The molecule has 1 aliphatic rings.